The first kappa shape index (κ1) is 31.1. The molecule has 0 rings (SSSR count). The molecule has 0 unspecified atom stereocenters. The van der Waals surface area contributed by atoms with Gasteiger partial charge in [0.2, 0.25) is 0 Å². The molecule has 0 aliphatic carbocycles. The van der Waals surface area contributed by atoms with Crippen molar-refractivity contribution in [1.82, 2.24) is 0 Å². The molecule has 0 spiro atoms. The van der Waals surface area contributed by atoms with Gasteiger partial charge in [-0.3, -0.25) is 9.59 Å². The first-order valence-corrected chi connectivity index (χ1v) is 12.0. The molecular weight excluding hydrogens is 375 g/mol. The van der Waals surface area contributed by atoms with Crippen LogP contribution in [0.25, 0.3) is 0 Å². The number of hydrogen-bond acceptors (Lipinski definition) is 2. The molecule has 0 saturated heterocycles. The molecule has 0 aromatic rings. The van der Waals surface area contributed by atoms with E-state index in [1.165, 1.54) is 70.6 Å². The zero-order valence-electron chi connectivity index (χ0n) is 18.6. The van der Waals surface area contributed by atoms with Crippen LogP contribution >= 0.6 is 0 Å². The Kier molecular flexibility index (Phi) is 22.7. The molecule has 168 valence electrons. The van der Waals surface area contributed by atoms with Gasteiger partial charge in [0.15, 0.2) is 5.41 Å². The number of unbranched alkanes of at least 4 members (excludes halogenated alkanes) is 15. The van der Waals surface area contributed by atoms with Crippen LogP contribution in [0.2, 0.25) is 0 Å². The second-order valence-corrected chi connectivity index (χ2v) is 8.50. The van der Waals surface area contributed by atoms with Crippen molar-refractivity contribution in [3.05, 3.63) is 0 Å². The van der Waals surface area contributed by atoms with Gasteiger partial charge in [-0.25, -0.2) is 0 Å². The summed E-state index contributed by atoms with van der Waals surface area (Å²) in [7, 11) is 0. The first-order chi connectivity index (χ1) is 13.5. The van der Waals surface area contributed by atoms with Gasteiger partial charge in [-0.15, -0.1) is 0 Å². The van der Waals surface area contributed by atoms with Crippen LogP contribution in [-0.2, 0) is 9.59 Å². The van der Waals surface area contributed by atoms with Gasteiger partial charge in [0.25, 0.3) is 0 Å². The molecule has 0 aromatic heterocycles. The molecule has 2 N–H and O–H groups in total. The van der Waals surface area contributed by atoms with Crippen LogP contribution in [0.3, 0.4) is 0 Å². The van der Waals surface area contributed by atoms with E-state index in [0.29, 0.717) is 12.8 Å². The van der Waals surface area contributed by atoms with Crippen molar-refractivity contribution in [2.24, 2.45) is 5.41 Å². The van der Waals surface area contributed by atoms with E-state index in [0.717, 1.165) is 25.7 Å². The maximum absolute atomic E-state index is 11.8. The molecule has 0 heterocycles. The molecule has 0 saturated carbocycles. The zero-order valence-corrected chi connectivity index (χ0v) is 18.6. The van der Waals surface area contributed by atoms with Gasteiger partial charge >= 0.3 is 41.5 Å². The summed E-state index contributed by atoms with van der Waals surface area (Å²) in [4.78, 5) is 23.6. The Bertz CT molecular complexity index is 384. The van der Waals surface area contributed by atoms with Crippen LogP contribution in [0.4, 0.5) is 0 Å². The Hall–Kier alpha value is -0.0600. The molecule has 5 heteroatoms. The number of rotatable bonds is 21. The number of aliphatic carboxylic acids is 2. The second kappa shape index (κ2) is 21.2. The van der Waals surface area contributed by atoms with E-state index in [9.17, 15) is 19.8 Å². The second-order valence-electron chi connectivity index (χ2n) is 8.50. The molecule has 0 bridgehead atoms. The molecule has 0 amide bonds. The predicted molar refractivity (Wildman–Crippen MR) is 124 cm³/mol. The fourth-order valence-electron chi connectivity index (χ4n) is 3.94. The van der Waals surface area contributed by atoms with Crippen molar-refractivity contribution in [2.75, 3.05) is 0 Å². The van der Waals surface area contributed by atoms with Crippen LogP contribution < -0.4 is 0 Å². The number of carboxylic acid groups (broad SMARTS) is 2. The molecule has 0 aliphatic rings. The summed E-state index contributed by atoms with van der Waals surface area (Å²) in [6.07, 6.45) is 19.7. The summed E-state index contributed by atoms with van der Waals surface area (Å²) in [6, 6.07) is 0. The Balaban J connectivity index is 0. The Labute approximate surface area is 201 Å². The summed E-state index contributed by atoms with van der Waals surface area (Å²) in [5.74, 6) is -2.30. The summed E-state index contributed by atoms with van der Waals surface area (Å²) in [5.41, 5.74) is -1.58. The normalized spacial score (nSPS) is 11.2. The zero-order chi connectivity index (χ0) is 21.1. The van der Waals surface area contributed by atoms with Crippen molar-refractivity contribution in [3.8, 4) is 0 Å². The monoisotopic (exact) mass is 422 g/mol. The number of carbonyl (C=O) groups is 2. The van der Waals surface area contributed by atoms with E-state index >= 15 is 0 Å². The van der Waals surface area contributed by atoms with Crippen molar-refractivity contribution in [1.29, 1.82) is 0 Å². The average Bonchev–Trinajstić information content (AvgIpc) is 2.66. The van der Waals surface area contributed by atoms with E-state index in [2.05, 4.69) is 13.8 Å². The maximum atomic E-state index is 11.8. The Morgan fingerprint density at radius 3 is 1.00 bits per heavy atom. The molecule has 29 heavy (non-hydrogen) atoms. The quantitative estimate of drug-likeness (QED) is 0.119. The topological polar surface area (TPSA) is 74.6 Å². The van der Waals surface area contributed by atoms with E-state index in [1.54, 1.807) is 0 Å². The third kappa shape index (κ3) is 15.4. The van der Waals surface area contributed by atoms with Crippen molar-refractivity contribution in [2.45, 2.75) is 136 Å². The van der Waals surface area contributed by atoms with Crippen LogP contribution in [0, 0.1) is 5.41 Å². The van der Waals surface area contributed by atoms with Crippen LogP contribution in [0.15, 0.2) is 0 Å². The minimum atomic E-state index is -1.58. The van der Waals surface area contributed by atoms with Crippen molar-refractivity contribution < 1.29 is 19.8 Å². The van der Waals surface area contributed by atoms with Crippen LogP contribution in [-0.4, -0.2) is 51.7 Å². The van der Waals surface area contributed by atoms with Crippen LogP contribution in [0.1, 0.15) is 136 Å². The van der Waals surface area contributed by atoms with Gasteiger partial charge in [-0.1, -0.05) is 123 Å². The molecule has 0 radical (unpaired) electrons. The molecule has 0 aromatic carbocycles. The van der Waals surface area contributed by atoms with Crippen molar-refractivity contribution >= 4 is 41.5 Å². The van der Waals surface area contributed by atoms with Gasteiger partial charge < -0.3 is 10.2 Å². The van der Waals surface area contributed by atoms with Gasteiger partial charge in [0.1, 0.15) is 0 Å². The summed E-state index contributed by atoms with van der Waals surface area (Å²) in [6.45, 7) is 4.41. The van der Waals surface area contributed by atoms with E-state index in [-0.39, 0.29) is 42.4 Å². The molecule has 0 aliphatic heterocycles. The fourth-order valence-corrected chi connectivity index (χ4v) is 3.94. The van der Waals surface area contributed by atoms with Crippen molar-refractivity contribution in [3.63, 3.8) is 0 Å². The minimum absolute atomic E-state index is 0. The van der Waals surface area contributed by atoms with Gasteiger partial charge in [0.05, 0.1) is 0 Å². The Morgan fingerprint density at radius 2 is 0.759 bits per heavy atom. The standard InChI is InChI=1S/C24H46O4.Na.H/c1-3-5-7-9-11-12-13-15-17-19-21-24(22(25)26,23(27)28)20-18-16-14-10-8-6-4-2;;/h3-21H2,1-2H3,(H,25,26)(H,27,28);;. The Morgan fingerprint density at radius 1 is 0.517 bits per heavy atom. The fraction of sp³-hybridized carbons (Fsp3) is 0.917. The van der Waals surface area contributed by atoms with Gasteiger partial charge in [0, 0.05) is 0 Å². The van der Waals surface area contributed by atoms with E-state index in [1.807, 2.05) is 0 Å². The molecule has 0 fully saturated rings. The molecular formula is C24H47NaO4. The SMILES string of the molecule is CCCCCCCCCCCCC(CCCCCCCCC)(C(=O)O)C(=O)O.[NaH]. The third-order valence-corrected chi connectivity index (χ3v) is 5.98. The molecule has 4 nitrogen and oxygen atoms in total. The predicted octanol–water partition coefficient (Wildman–Crippen LogP) is 6.95. The summed E-state index contributed by atoms with van der Waals surface area (Å²) >= 11 is 0. The molecule has 0 atom stereocenters. The third-order valence-electron chi connectivity index (χ3n) is 5.98. The first-order valence-electron chi connectivity index (χ1n) is 12.0. The van der Waals surface area contributed by atoms with Gasteiger partial charge in [-0.2, -0.15) is 0 Å². The van der Waals surface area contributed by atoms with E-state index in [4.69, 9.17) is 0 Å². The van der Waals surface area contributed by atoms with Gasteiger partial charge in [-0.05, 0) is 12.8 Å². The van der Waals surface area contributed by atoms with Crippen LogP contribution in [0.5, 0.6) is 0 Å². The summed E-state index contributed by atoms with van der Waals surface area (Å²) in [5, 5.41) is 19.3. The number of hydrogen-bond donors (Lipinski definition) is 2. The average molecular weight is 423 g/mol. The van der Waals surface area contributed by atoms with E-state index < -0.39 is 17.4 Å². The number of carboxylic acids is 2. The summed E-state index contributed by atoms with van der Waals surface area (Å²) < 4.78 is 0.